The van der Waals surface area contributed by atoms with Crippen molar-refractivity contribution in [3.8, 4) is 0 Å². The Labute approximate surface area is 165 Å². The first-order valence-electron chi connectivity index (χ1n) is 8.56. The highest BCUT2D eigenvalue weighted by atomic mass is 35.5. The van der Waals surface area contributed by atoms with Crippen LogP contribution >= 0.6 is 11.6 Å². The zero-order chi connectivity index (χ0) is 19.5. The summed E-state index contributed by atoms with van der Waals surface area (Å²) in [6, 6.07) is 15.7. The second-order valence-corrected chi connectivity index (χ2v) is 6.62. The summed E-state index contributed by atoms with van der Waals surface area (Å²) < 4.78 is 1.50. The lowest BCUT2D eigenvalue weighted by atomic mass is 10.1. The van der Waals surface area contributed by atoms with Gasteiger partial charge in [-0.3, -0.25) is 19.1 Å². The maximum Gasteiger partial charge on any atom is 0.265 e. The van der Waals surface area contributed by atoms with Crippen molar-refractivity contribution in [3.05, 3.63) is 99.7 Å². The number of hydrogen-bond acceptors (Lipinski definition) is 4. The van der Waals surface area contributed by atoms with Crippen LogP contribution in [0, 0.1) is 0 Å². The van der Waals surface area contributed by atoms with Crippen molar-refractivity contribution in [3.63, 3.8) is 0 Å². The molecule has 3 aromatic heterocycles. The fourth-order valence-corrected chi connectivity index (χ4v) is 3.05. The lowest BCUT2D eigenvalue weighted by Gasteiger charge is -2.12. The first kappa shape index (κ1) is 17.9. The SMILES string of the molecule is O=C(Nc1ccncc1)c1cc2cccnc2n(Cc2ccc(Cl)cc2)c1=O. The fraction of sp³-hybridized carbons (Fsp3) is 0.0476. The van der Waals surface area contributed by atoms with Gasteiger partial charge in [0.2, 0.25) is 0 Å². The number of hydrogen-bond donors (Lipinski definition) is 1. The molecule has 7 heteroatoms. The molecule has 0 bridgehead atoms. The molecular formula is C21H15ClN4O2. The summed E-state index contributed by atoms with van der Waals surface area (Å²) >= 11 is 5.95. The lowest BCUT2D eigenvalue weighted by Crippen LogP contribution is -2.30. The first-order chi connectivity index (χ1) is 13.6. The second-order valence-electron chi connectivity index (χ2n) is 6.18. The van der Waals surface area contributed by atoms with E-state index >= 15 is 0 Å². The number of nitrogens with zero attached hydrogens (tertiary/aromatic N) is 3. The molecule has 3 heterocycles. The third kappa shape index (κ3) is 3.63. The summed E-state index contributed by atoms with van der Waals surface area (Å²) in [4.78, 5) is 34.1. The maximum absolute atomic E-state index is 13.1. The molecule has 28 heavy (non-hydrogen) atoms. The second kappa shape index (κ2) is 7.62. The molecule has 4 aromatic rings. The number of carbonyl (C=O) groups is 1. The molecule has 4 rings (SSSR count). The normalized spacial score (nSPS) is 10.8. The minimum Gasteiger partial charge on any atom is -0.322 e. The summed E-state index contributed by atoms with van der Waals surface area (Å²) in [6.07, 6.45) is 4.76. The van der Waals surface area contributed by atoms with Crippen LogP contribution in [0.25, 0.3) is 11.0 Å². The van der Waals surface area contributed by atoms with Crippen LogP contribution in [-0.4, -0.2) is 20.4 Å². The Morgan fingerprint density at radius 1 is 1.04 bits per heavy atom. The zero-order valence-electron chi connectivity index (χ0n) is 14.7. The van der Waals surface area contributed by atoms with Crippen LogP contribution < -0.4 is 10.9 Å². The highest BCUT2D eigenvalue weighted by molar-refractivity contribution is 6.30. The van der Waals surface area contributed by atoms with Crippen LogP contribution in [0.3, 0.4) is 0 Å². The van der Waals surface area contributed by atoms with E-state index in [1.165, 1.54) is 4.57 Å². The van der Waals surface area contributed by atoms with Crippen LogP contribution in [0.2, 0.25) is 5.02 Å². The van der Waals surface area contributed by atoms with Crippen molar-refractivity contribution in [1.29, 1.82) is 0 Å². The highest BCUT2D eigenvalue weighted by Crippen LogP contribution is 2.15. The fourth-order valence-electron chi connectivity index (χ4n) is 2.92. The molecule has 0 radical (unpaired) electrons. The Balaban J connectivity index is 1.79. The van der Waals surface area contributed by atoms with Crippen LogP contribution in [0.15, 0.2) is 78.0 Å². The average molecular weight is 391 g/mol. The summed E-state index contributed by atoms with van der Waals surface area (Å²) in [5.41, 5.74) is 1.60. The van der Waals surface area contributed by atoms with Gasteiger partial charge in [-0.25, -0.2) is 4.98 Å². The monoisotopic (exact) mass is 390 g/mol. The van der Waals surface area contributed by atoms with Gasteiger partial charge in [0.05, 0.1) is 6.54 Å². The van der Waals surface area contributed by atoms with Gasteiger partial charge in [-0.2, -0.15) is 0 Å². The zero-order valence-corrected chi connectivity index (χ0v) is 15.4. The molecule has 1 N–H and O–H groups in total. The largest absolute Gasteiger partial charge is 0.322 e. The molecule has 1 amide bonds. The molecule has 6 nitrogen and oxygen atoms in total. The van der Waals surface area contributed by atoms with Gasteiger partial charge in [0.1, 0.15) is 11.2 Å². The van der Waals surface area contributed by atoms with Gasteiger partial charge in [-0.15, -0.1) is 0 Å². The van der Waals surface area contributed by atoms with E-state index in [1.807, 2.05) is 18.2 Å². The van der Waals surface area contributed by atoms with Gasteiger partial charge >= 0.3 is 0 Å². The average Bonchev–Trinajstić information content (AvgIpc) is 2.72. The number of nitrogens with one attached hydrogen (secondary N) is 1. The molecule has 0 spiro atoms. The molecule has 0 aliphatic rings. The van der Waals surface area contributed by atoms with Crippen LogP contribution in [0.5, 0.6) is 0 Å². The van der Waals surface area contributed by atoms with Crippen LogP contribution in [-0.2, 0) is 6.54 Å². The Kier molecular flexibility index (Phi) is 4.87. The Bertz CT molecular complexity index is 1200. The number of rotatable bonds is 4. The molecular weight excluding hydrogens is 376 g/mol. The molecule has 0 saturated carbocycles. The standard InChI is InChI=1S/C21H15ClN4O2/c22-16-5-3-14(4-6-16)13-26-19-15(2-1-9-24-19)12-18(21(26)28)20(27)25-17-7-10-23-11-8-17/h1-12H,13H2,(H,23,25,27). The van der Waals surface area contributed by atoms with E-state index in [0.717, 1.165) is 5.56 Å². The minimum atomic E-state index is -0.480. The summed E-state index contributed by atoms with van der Waals surface area (Å²) in [5, 5.41) is 4.05. The minimum absolute atomic E-state index is 0.0475. The van der Waals surface area contributed by atoms with E-state index in [4.69, 9.17) is 11.6 Å². The van der Waals surface area contributed by atoms with Crippen LogP contribution in [0.4, 0.5) is 5.69 Å². The van der Waals surface area contributed by atoms with E-state index in [1.54, 1.807) is 55.0 Å². The number of carbonyl (C=O) groups excluding carboxylic acids is 1. The van der Waals surface area contributed by atoms with Crippen LogP contribution in [0.1, 0.15) is 15.9 Å². The third-order valence-corrected chi connectivity index (χ3v) is 4.54. The molecule has 0 aliphatic heterocycles. The molecule has 0 saturated heterocycles. The number of fused-ring (bicyclic) bond motifs is 1. The predicted octanol–water partition coefficient (Wildman–Crippen LogP) is 3.75. The Morgan fingerprint density at radius 2 is 1.79 bits per heavy atom. The van der Waals surface area contributed by atoms with Gasteiger partial charge in [0.25, 0.3) is 11.5 Å². The maximum atomic E-state index is 13.1. The molecule has 0 fully saturated rings. The number of halogens is 1. The smallest absolute Gasteiger partial charge is 0.265 e. The highest BCUT2D eigenvalue weighted by Gasteiger charge is 2.17. The Morgan fingerprint density at radius 3 is 2.54 bits per heavy atom. The topological polar surface area (TPSA) is 76.9 Å². The molecule has 138 valence electrons. The van der Waals surface area contributed by atoms with Crippen molar-refractivity contribution in [2.75, 3.05) is 5.32 Å². The predicted molar refractivity (Wildman–Crippen MR) is 109 cm³/mol. The number of pyridine rings is 3. The van der Waals surface area contributed by atoms with E-state index < -0.39 is 11.5 Å². The van der Waals surface area contributed by atoms with Gasteiger partial charge in [-0.1, -0.05) is 23.7 Å². The van der Waals surface area contributed by atoms with E-state index in [2.05, 4.69) is 15.3 Å². The lowest BCUT2D eigenvalue weighted by molar-refractivity contribution is 0.102. The van der Waals surface area contributed by atoms with Crippen molar-refractivity contribution < 1.29 is 4.79 Å². The number of benzene rings is 1. The van der Waals surface area contributed by atoms with Gasteiger partial charge < -0.3 is 5.32 Å². The summed E-state index contributed by atoms with van der Waals surface area (Å²) in [5.74, 6) is -0.480. The van der Waals surface area contributed by atoms with Crippen molar-refractivity contribution in [1.82, 2.24) is 14.5 Å². The number of anilines is 1. The van der Waals surface area contributed by atoms with Gasteiger partial charge in [0, 0.05) is 34.7 Å². The summed E-state index contributed by atoms with van der Waals surface area (Å²) in [7, 11) is 0. The van der Waals surface area contributed by atoms with E-state index in [0.29, 0.717) is 21.7 Å². The summed E-state index contributed by atoms with van der Waals surface area (Å²) in [6.45, 7) is 0.278. The third-order valence-electron chi connectivity index (χ3n) is 4.28. The van der Waals surface area contributed by atoms with E-state index in [9.17, 15) is 9.59 Å². The molecule has 0 unspecified atom stereocenters. The number of amides is 1. The molecule has 1 aromatic carbocycles. The molecule has 0 aliphatic carbocycles. The van der Waals surface area contributed by atoms with Crippen molar-refractivity contribution >= 4 is 34.2 Å². The quantitative estimate of drug-likeness (QED) is 0.575. The van der Waals surface area contributed by atoms with Crippen molar-refractivity contribution in [2.24, 2.45) is 0 Å². The Hall–Kier alpha value is -3.51. The van der Waals surface area contributed by atoms with Gasteiger partial charge in [0.15, 0.2) is 0 Å². The van der Waals surface area contributed by atoms with Gasteiger partial charge in [-0.05, 0) is 48.0 Å². The molecule has 0 atom stereocenters. The van der Waals surface area contributed by atoms with E-state index in [-0.39, 0.29) is 12.1 Å². The number of aromatic nitrogens is 3. The first-order valence-corrected chi connectivity index (χ1v) is 8.94. The van der Waals surface area contributed by atoms with Crippen molar-refractivity contribution in [2.45, 2.75) is 6.54 Å².